The van der Waals surface area contributed by atoms with E-state index in [9.17, 15) is 4.79 Å². The number of hydrogen-bond acceptors (Lipinski definition) is 2. The fraction of sp³-hybridized carbons (Fsp3) is 0.762. The molecule has 134 valence electrons. The van der Waals surface area contributed by atoms with Crippen LogP contribution in [0.4, 0.5) is 0 Å². The van der Waals surface area contributed by atoms with E-state index in [1.54, 1.807) is 0 Å². The number of unbranched alkanes of at least 4 members (excludes halogenated alkanes) is 8. The van der Waals surface area contributed by atoms with Crippen LogP contribution in [0.25, 0.3) is 0 Å². The third-order valence-electron chi connectivity index (χ3n) is 4.02. The van der Waals surface area contributed by atoms with E-state index in [0.29, 0.717) is 25.0 Å². The third-order valence-corrected chi connectivity index (χ3v) is 4.02. The van der Waals surface area contributed by atoms with E-state index in [2.05, 4.69) is 31.2 Å². The van der Waals surface area contributed by atoms with Gasteiger partial charge in [-0.3, -0.25) is 4.79 Å². The number of ketones is 1. The van der Waals surface area contributed by atoms with Crippen LogP contribution in [-0.4, -0.2) is 17.5 Å². The largest absolute Gasteiger partial charge is 0.396 e. The average molecular weight is 323 g/mol. The second-order valence-corrected chi connectivity index (χ2v) is 6.35. The Morgan fingerprint density at radius 3 is 1.96 bits per heavy atom. The molecule has 0 aliphatic rings. The van der Waals surface area contributed by atoms with E-state index < -0.39 is 0 Å². The Kier molecular flexibility index (Phi) is 18.4. The lowest BCUT2D eigenvalue weighted by Gasteiger charge is -2.00. The first-order valence-electron chi connectivity index (χ1n) is 9.73. The van der Waals surface area contributed by atoms with Crippen molar-refractivity contribution >= 4 is 5.78 Å². The molecule has 0 rings (SSSR count). The van der Waals surface area contributed by atoms with Gasteiger partial charge in [0.1, 0.15) is 5.78 Å². The van der Waals surface area contributed by atoms with Gasteiger partial charge in [0.05, 0.1) is 0 Å². The normalized spacial score (nSPS) is 11.7. The van der Waals surface area contributed by atoms with Crippen LogP contribution in [0.3, 0.4) is 0 Å². The molecule has 2 heteroatoms. The van der Waals surface area contributed by atoms with Crippen LogP contribution in [0.1, 0.15) is 96.8 Å². The van der Waals surface area contributed by atoms with Gasteiger partial charge in [0.15, 0.2) is 0 Å². The second-order valence-electron chi connectivity index (χ2n) is 6.35. The van der Waals surface area contributed by atoms with Crippen molar-refractivity contribution in [1.82, 2.24) is 0 Å². The van der Waals surface area contributed by atoms with Gasteiger partial charge < -0.3 is 5.11 Å². The highest BCUT2D eigenvalue weighted by atomic mass is 16.3. The molecule has 0 aromatic rings. The Hall–Kier alpha value is -0.890. The number of Topliss-reactive ketones (excluding diaryl/α,β-unsaturated/α-hetero) is 1. The van der Waals surface area contributed by atoms with E-state index >= 15 is 0 Å². The van der Waals surface area contributed by atoms with Crippen LogP contribution < -0.4 is 0 Å². The van der Waals surface area contributed by atoms with Crippen LogP contribution in [0, 0.1) is 0 Å². The lowest BCUT2D eigenvalue weighted by Crippen LogP contribution is -1.99. The summed E-state index contributed by atoms with van der Waals surface area (Å²) in [7, 11) is 0. The summed E-state index contributed by atoms with van der Waals surface area (Å²) >= 11 is 0. The minimum Gasteiger partial charge on any atom is -0.396 e. The SMILES string of the molecule is CCCCC/C=C\C/C=C\CCCCCCCC(=O)CCCO. The lowest BCUT2D eigenvalue weighted by molar-refractivity contribution is -0.119. The molecule has 0 unspecified atom stereocenters. The van der Waals surface area contributed by atoms with Crippen LogP contribution in [-0.2, 0) is 4.79 Å². The Labute approximate surface area is 144 Å². The fourth-order valence-corrected chi connectivity index (χ4v) is 2.53. The van der Waals surface area contributed by atoms with Crippen LogP contribution in [0.15, 0.2) is 24.3 Å². The van der Waals surface area contributed by atoms with Gasteiger partial charge in [-0.05, 0) is 44.9 Å². The average Bonchev–Trinajstić information content (AvgIpc) is 2.56. The van der Waals surface area contributed by atoms with E-state index in [0.717, 1.165) is 19.3 Å². The van der Waals surface area contributed by atoms with E-state index in [-0.39, 0.29) is 6.61 Å². The molecule has 0 heterocycles. The van der Waals surface area contributed by atoms with Crippen LogP contribution in [0.5, 0.6) is 0 Å². The molecule has 0 spiro atoms. The molecule has 0 radical (unpaired) electrons. The first kappa shape index (κ1) is 22.1. The molecule has 0 aliphatic heterocycles. The zero-order valence-corrected chi connectivity index (χ0v) is 15.3. The predicted octanol–water partition coefficient (Wildman–Crippen LogP) is 6.14. The van der Waals surface area contributed by atoms with Crippen molar-refractivity contribution in [3.63, 3.8) is 0 Å². The molecular formula is C21H38O2. The summed E-state index contributed by atoms with van der Waals surface area (Å²) in [5, 5.41) is 8.66. The molecule has 0 amide bonds. The van der Waals surface area contributed by atoms with Gasteiger partial charge in [0, 0.05) is 19.4 Å². The minimum absolute atomic E-state index is 0.133. The number of hydrogen-bond donors (Lipinski definition) is 1. The summed E-state index contributed by atoms with van der Waals surface area (Å²) in [4.78, 5) is 11.4. The quantitative estimate of drug-likeness (QED) is 0.258. The summed E-state index contributed by atoms with van der Waals surface area (Å²) in [6.45, 7) is 2.37. The van der Waals surface area contributed by atoms with Gasteiger partial charge in [0.2, 0.25) is 0 Å². The van der Waals surface area contributed by atoms with E-state index in [1.807, 2.05) is 0 Å². The highest BCUT2D eigenvalue weighted by molar-refractivity contribution is 5.78. The number of carbonyl (C=O) groups is 1. The van der Waals surface area contributed by atoms with Gasteiger partial charge in [-0.1, -0.05) is 63.3 Å². The molecule has 2 nitrogen and oxygen atoms in total. The standard InChI is InChI=1S/C21H38O2/c1-2-3-4-5-6-7-8-9-10-11-12-13-14-15-16-18-21(23)19-17-20-22/h6-7,9-10,22H,2-5,8,11-20H2,1H3/b7-6-,10-9-. The predicted molar refractivity (Wildman–Crippen MR) is 101 cm³/mol. The summed E-state index contributed by atoms with van der Waals surface area (Å²) in [6, 6.07) is 0. The van der Waals surface area contributed by atoms with E-state index in [1.165, 1.54) is 51.4 Å². The summed E-state index contributed by atoms with van der Waals surface area (Å²) < 4.78 is 0. The third kappa shape index (κ3) is 19.1. The number of allylic oxidation sites excluding steroid dienone is 4. The van der Waals surface area contributed by atoms with Gasteiger partial charge >= 0.3 is 0 Å². The molecule has 0 fully saturated rings. The van der Waals surface area contributed by atoms with Gasteiger partial charge in [-0.15, -0.1) is 0 Å². The molecule has 1 N–H and O–H groups in total. The summed E-state index contributed by atoms with van der Waals surface area (Å²) in [5.74, 6) is 0.310. The van der Waals surface area contributed by atoms with Crippen molar-refractivity contribution in [3.05, 3.63) is 24.3 Å². The Bertz CT molecular complexity index is 305. The maximum atomic E-state index is 11.4. The molecule has 0 saturated carbocycles. The van der Waals surface area contributed by atoms with Gasteiger partial charge in [-0.25, -0.2) is 0 Å². The topological polar surface area (TPSA) is 37.3 Å². The van der Waals surface area contributed by atoms with Gasteiger partial charge in [0.25, 0.3) is 0 Å². The summed E-state index contributed by atoms with van der Waals surface area (Å²) in [5.41, 5.74) is 0. The number of carbonyl (C=O) groups excluding carboxylic acids is 1. The summed E-state index contributed by atoms with van der Waals surface area (Å²) in [6.07, 6.45) is 24.4. The zero-order valence-electron chi connectivity index (χ0n) is 15.3. The second kappa shape index (κ2) is 19.2. The molecule has 0 saturated heterocycles. The fourth-order valence-electron chi connectivity index (χ4n) is 2.53. The molecule has 0 bridgehead atoms. The highest BCUT2D eigenvalue weighted by Crippen LogP contribution is 2.09. The number of aliphatic hydroxyl groups is 1. The molecule has 0 atom stereocenters. The number of rotatable bonds is 17. The highest BCUT2D eigenvalue weighted by Gasteiger charge is 2.00. The Morgan fingerprint density at radius 2 is 1.30 bits per heavy atom. The Morgan fingerprint density at radius 1 is 0.739 bits per heavy atom. The maximum absolute atomic E-state index is 11.4. The first-order chi connectivity index (χ1) is 11.3. The molecule has 0 aromatic carbocycles. The lowest BCUT2D eigenvalue weighted by atomic mass is 10.1. The van der Waals surface area contributed by atoms with Crippen molar-refractivity contribution < 1.29 is 9.90 Å². The van der Waals surface area contributed by atoms with Gasteiger partial charge in [-0.2, -0.15) is 0 Å². The zero-order chi connectivity index (χ0) is 17.0. The monoisotopic (exact) mass is 322 g/mol. The van der Waals surface area contributed by atoms with Crippen molar-refractivity contribution in [1.29, 1.82) is 0 Å². The molecule has 0 aliphatic carbocycles. The van der Waals surface area contributed by atoms with Crippen molar-refractivity contribution in [2.75, 3.05) is 6.61 Å². The molecular weight excluding hydrogens is 284 g/mol. The minimum atomic E-state index is 0.133. The Balaban J connectivity index is 3.23. The first-order valence-corrected chi connectivity index (χ1v) is 9.73. The van der Waals surface area contributed by atoms with E-state index in [4.69, 9.17) is 5.11 Å². The molecule has 23 heavy (non-hydrogen) atoms. The van der Waals surface area contributed by atoms with Crippen molar-refractivity contribution in [2.45, 2.75) is 96.8 Å². The van der Waals surface area contributed by atoms with Crippen molar-refractivity contribution in [3.8, 4) is 0 Å². The van der Waals surface area contributed by atoms with Crippen LogP contribution >= 0.6 is 0 Å². The number of aliphatic hydroxyl groups excluding tert-OH is 1. The smallest absolute Gasteiger partial charge is 0.132 e. The maximum Gasteiger partial charge on any atom is 0.132 e. The van der Waals surface area contributed by atoms with Crippen molar-refractivity contribution in [2.24, 2.45) is 0 Å². The molecule has 0 aromatic heterocycles. The van der Waals surface area contributed by atoms with Crippen LogP contribution in [0.2, 0.25) is 0 Å².